The molecular weight excluding hydrogens is 200 g/mol. The van der Waals surface area contributed by atoms with Gasteiger partial charge in [-0.3, -0.25) is 0 Å². The molecule has 0 saturated carbocycles. The zero-order valence-electron chi connectivity index (χ0n) is 11.1. The third-order valence-corrected chi connectivity index (χ3v) is 3.10. The maximum atomic E-state index is 9.71. The second-order valence-corrected chi connectivity index (χ2v) is 4.88. The maximum Gasteiger partial charge on any atom is 0.0541 e. The molecule has 2 heteroatoms. The van der Waals surface area contributed by atoms with Crippen LogP contribution in [0.25, 0.3) is 0 Å². The highest BCUT2D eigenvalue weighted by atomic mass is 16.3. The van der Waals surface area contributed by atoms with Gasteiger partial charge in [-0.2, -0.15) is 0 Å². The standard InChI is InChI=1S/C14H30O2/c1-3-5-6-7-8-10-14(16)12-11-13(15)9-4-2/h13-16H,3-12H2,1-2H3. The minimum absolute atomic E-state index is 0.201. The van der Waals surface area contributed by atoms with Crippen LogP contribution in [-0.4, -0.2) is 22.4 Å². The summed E-state index contributed by atoms with van der Waals surface area (Å²) >= 11 is 0. The molecule has 0 aromatic rings. The van der Waals surface area contributed by atoms with Crippen LogP contribution >= 0.6 is 0 Å². The van der Waals surface area contributed by atoms with Gasteiger partial charge in [0, 0.05) is 0 Å². The molecule has 16 heavy (non-hydrogen) atoms. The van der Waals surface area contributed by atoms with E-state index in [0.717, 1.165) is 38.5 Å². The molecule has 0 aromatic heterocycles. The van der Waals surface area contributed by atoms with E-state index in [-0.39, 0.29) is 12.2 Å². The van der Waals surface area contributed by atoms with Crippen molar-refractivity contribution in [2.24, 2.45) is 0 Å². The number of hydrogen-bond acceptors (Lipinski definition) is 2. The number of rotatable bonds is 11. The van der Waals surface area contributed by atoms with Crippen molar-refractivity contribution in [2.75, 3.05) is 0 Å². The van der Waals surface area contributed by atoms with E-state index in [2.05, 4.69) is 13.8 Å². The summed E-state index contributed by atoms with van der Waals surface area (Å²) in [6.07, 6.45) is 10.1. The van der Waals surface area contributed by atoms with Crippen molar-refractivity contribution in [3.05, 3.63) is 0 Å². The fourth-order valence-electron chi connectivity index (χ4n) is 1.99. The maximum absolute atomic E-state index is 9.71. The average molecular weight is 230 g/mol. The van der Waals surface area contributed by atoms with Crippen molar-refractivity contribution in [2.45, 2.75) is 90.3 Å². The molecule has 0 radical (unpaired) electrons. The Morgan fingerprint density at radius 3 is 1.75 bits per heavy atom. The monoisotopic (exact) mass is 230 g/mol. The van der Waals surface area contributed by atoms with Crippen LogP contribution in [0.5, 0.6) is 0 Å². The van der Waals surface area contributed by atoms with Crippen LogP contribution in [0.2, 0.25) is 0 Å². The first-order valence-corrected chi connectivity index (χ1v) is 7.06. The van der Waals surface area contributed by atoms with E-state index in [1.54, 1.807) is 0 Å². The summed E-state index contributed by atoms with van der Waals surface area (Å²) in [6, 6.07) is 0. The molecule has 2 nitrogen and oxygen atoms in total. The number of aliphatic hydroxyl groups excluding tert-OH is 2. The summed E-state index contributed by atoms with van der Waals surface area (Å²) in [6.45, 7) is 4.29. The minimum Gasteiger partial charge on any atom is -0.393 e. The van der Waals surface area contributed by atoms with E-state index in [1.807, 2.05) is 0 Å². The van der Waals surface area contributed by atoms with Crippen molar-refractivity contribution >= 4 is 0 Å². The first kappa shape index (κ1) is 15.9. The van der Waals surface area contributed by atoms with Crippen molar-refractivity contribution in [1.29, 1.82) is 0 Å². The van der Waals surface area contributed by atoms with Crippen LogP contribution in [0.3, 0.4) is 0 Å². The minimum atomic E-state index is -0.209. The lowest BCUT2D eigenvalue weighted by molar-refractivity contribution is 0.102. The zero-order valence-corrected chi connectivity index (χ0v) is 11.1. The fraction of sp³-hybridized carbons (Fsp3) is 1.00. The van der Waals surface area contributed by atoms with Gasteiger partial charge in [0.25, 0.3) is 0 Å². The van der Waals surface area contributed by atoms with Crippen LogP contribution in [0.1, 0.15) is 78.1 Å². The van der Waals surface area contributed by atoms with Gasteiger partial charge in [-0.1, -0.05) is 52.4 Å². The van der Waals surface area contributed by atoms with E-state index >= 15 is 0 Å². The first-order chi connectivity index (χ1) is 7.70. The van der Waals surface area contributed by atoms with Gasteiger partial charge in [0.1, 0.15) is 0 Å². The molecule has 0 amide bonds. The van der Waals surface area contributed by atoms with Gasteiger partial charge in [0.15, 0.2) is 0 Å². The average Bonchev–Trinajstić information content (AvgIpc) is 2.26. The molecule has 0 fully saturated rings. The quantitative estimate of drug-likeness (QED) is 0.532. The molecule has 0 bridgehead atoms. The van der Waals surface area contributed by atoms with Crippen molar-refractivity contribution in [3.63, 3.8) is 0 Å². The Morgan fingerprint density at radius 1 is 0.625 bits per heavy atom. The second kappa shape index (κ2) is 11.4. The zero-order chi connectivity index (χ0) is 12.2. The van der Waals surface area contributed by atoms with Gasteiger partial charge in [-0.25, -0.2) is 0 Å². The van der Waals surface area contributed by atoms with E-state index in [0.29, 0.717) is 0 Å². The Hall–Kier alpha value is -0.0800. The van der Waals surface area contributed by atoms with Gasteiger partial charge in [0.2, 0.25) is 0 Å². The van der Waals surface area contributed by atoms with Crippen LogP contribution in [-0.2, 0) is 0 Å². The van der Waals surface area contributed by atoms with Crippen molar-refractivity contribution in [3.8, 4) is 0 Å². The number of unbranched alkanes of at least 4 members (excludes halogenated alkanes) is 4. The fourth-order valence-corrected chi connectivity index (χ4v) is 1.99. The summed E-state index contributed by atoms with van der Waals surface area (Å²) in [5.74, 6) is 0. The Kier molecular flexibility index (Phi) is 11.3. The molecular formula is C14H30O2. The molecule has 2 N–H and O–H groups in total. The Balaban J connectivity index is 3.27. The lowest BCUT2D eigenvalue weighted by Gasteiger charge is -2.13. The smallest absolute Gasteiger partial charge is 0.0541 e. The Bertz CT molecular complexity index is 137. The number of aliphatic hydroxyl groups is 2. The lowest BCUT2D eigenvalue weighted by Crippen LogP contribution is -2.12. The van der Waals surface area contributed by atoms with Gasteiger partial charge in [-0.05, 0) is 25.7 Å². The normalized spacial score (nSPS) is 15.0. The van der Waals surface area contributed by atoms with Gasteiger partial charge in [0.05, 0.1) is 12.2 Å². The molecule has 0 aliphatic rings. The topological polar surface area (TPSA) is 40.5 Å². The number of hydrogen-bond donors (Lipinski definition) is 2. The third-order valence-electron chi connectivity index (χ3n) is 3.10. The van der Waals surface area contributed by atoms with E-state index in [9.17, 15) is 10.2 Å². The SMILES string of the molecule is CCCCCCCC(O)CCC(O)CCC. The molecule has 0 aliphatic carbocycles. The summed E-state index contributed by atoms with van der Waals surface area (Å²) in [5.41, 5.74) is 0. The predicted octanol–water partition coefficient (Wildman–Crippen LogP) is 3.65. The van der Waals surface area contributed by atoms with Crippen LogP contribution in [0.4, 0.5) is 0 Å². The second-order valence-electron chi connectivity index (χ2n) is 4.88. The van der Waals surface area contributed by atoms with E-state index < -0.39 is 0 Å². The first-order valence-electron chi connectivity index (χ1n) is 7.06. The van der Waals surface area contributed by atoms with E-state index in [4.69, 9.17) is 0 Å². The third kappa shape index (κ3) is 10.4. The largest absolute Gasteiger partial charge is 0.393 e. The molecule has 0 heterocycles. The summed E-state index contributed by atoms with van der Waals surface area (Å²) in [4.78, 5) is 0. The molecule has 0 spiro atoms. The van der Waals surface area contributed by atoms with Crippen LogP contribution < -0.4 is 0 Å². The predicted molar refractivity (Wildman–Crippen MR) is 69.5 cm³/mol. The molecule has 0 rings (SSSR count). The Labute approximate surface area is 101 Å². The molecule has 2 unspecified atom stereocenters. The van der Waals surface area contributed by atoms with Gasteiger partial charge in [-0.15, -0.1) is 0 Å². The van der Waals surface area contributed by atoms with Crippen LogP contribution in [0, 0.1) is 0 Å². The van der Waals surface area contributed by atoms with Crippen molar-refractivity contribution in [1.82, 2.24) is 0 Å². The van der Waals surface area contributed by atoms with Crippen LogP contribution in [0.15, 0.2) is 0 Å². The highest BCUT2D eigenvalue weighted by Gasteiger charge is 2.08. The summed E-state index contributed by atoms with van der Waals surface area (Å²) in [5, 5.41) is 19.2. The molecule has 0 saturated heterocycles. The van der Waals surface area contributed by atoms with E-state index in [1.165, 1.54) is 25.7 Å². The Morgan fingerprint density at radius 2 is 1.19 bits per heavy atom. The molecule has 98 valence electrons. The summed E-state index contributed by atoms with van der Waals surface area (Å²) in [7, 11) is 0. The highest BCUT2D eigenvalue weighted by molar-refractivity contribution is 4.61. The molecule has 0 aromatic carbocycles. The van der Waals surface area contributed by atoms with Gasteiger partial charge >= 0.3 is 0 Å². The lowest BCUT2D eigenvalue weighted by atomic mass is 10.0. The van der Waals surface area contributed by atoms with Gasteiger partial charge < -0.3 is 10.2 Å². The van der Waals surface area contributed by atoms with Crippen molar-refractivity contribution < 1.29 is 10.2 Å². The molecule has 2 atom stereocenters. The highest BCUT2D eigenvalue weighted by Crippen LogP contribution is 2.13. The summed E-state index contributed by atoms with van der Waals surface area (Å²) < 4.78 is 0. The molecule has 0 aliphatic heterocycles.